The number of rotatable bonds is 6. The first-order chi connectivity index (χ1) is 13.2. The Labute approximate surface area is 161 Å². The number of hydrogen-bond acceptors (Lipinski definition) is 7. The minimum Gasteiger partial charge on any atom is -0.454 e. The van der Waals surface area contributed by atoms with Crippen LogP contribution in [0.4, 0.5) is 13.2 Å². The zero-order chi connectivity index (χ0) is 20.3. The van der Waals surface area contributed by atoms with Crippen LogP contribution >= 0.6 is 11.3 Å². The summed E-state index contributed by atoms with van der Waals surface area (Å²) in [5.74, 6) is 0.296. The Morgan fingerprint density at radius 2 is 1.86 bits per heavy atom. The van der Waals surface area contributed by atoms with Crippen LogP contribution in [0.2, 0.25) is 0 Å². The number of nitrogens with zero attached hydrogens (tertiary/aromatic N) is 5. The summed E-state index contributed by atoms with van der Waals surface area (Å²) in [7, 11) is 0. The lowest BCUT2D eigenvalue weighted by atomic mass is 10.2. The van der Waals surface area contributed by atoms with Gasteiger partial charge in [-0.1, -0.05) is 13.8 Å². The van der Waals surface area contributed by atoms with E-state index in [1.165, 1.54) is 40.5 Å². The smallest absolute Gasteiger partial charge is 0.422 e. The van der Waals surface area contributed by atoms with E-state index in [1.807, 2.05) is 13.8 Å². The van der Waals surface area contributed by atoms with E-state index < -0.39 is 12.8 Å². The van der Waals surface area contributed by atoms with Crippen molar-refractivity contribution < 1.29 is 17.9 Å². The lowest BCUT2D eigenvalue weighted by Crippen LogP contribution is -2.22. The van der Waals surface area contributed by atoms with Crippen LogP contribution in [0.1, 0.15) is 29.7 Å². The first kappa shape index (κ1) is 19.9. The lowest BCUT2D eigenvalue weighted by Gasteiger charge is -2.08. The van der Waals surface area contributed by atoms with E-state index in [0.29, 0.717) is 17.2 Å². The standard InChI is InChI=1S/C17H16F3N5O2S/c1-10(2)15-21-7-12(28-15)8-25-14(26)4-3-13(24-25)11-5-22-16(23-6-11)27-9-17(18,19)20/h3-7,10H,8-9H2,1-2H3. The Hall–Kier alpha value is -2.82. The minimum absolute atomic E-state index is 0.269. The fourth-order valence-electron chi connectivity index (χ4n) is 2.20. The molecular weight excluding hydrogens is 395 g/mol. The molecule has 0 aliphatic rings. The van der Waals surface area contributed by atoms with Gasteiger partial charge >= 0.3 is 12.2 Å². The van der Waals surface area contributed by atoms with E-state index in [0.717, 1.165) is 9.88 Å². The molecule has 0 atom stereocenters. The lowest BCUT2D eigenvalue weighted by molar-refractivity contribution is -0.154. The second-order valence-electron chi connectivity index (χ2n) is 6.19. The van der Waals surface area contributed by atoms with Gasteiger partial charge in [0, 0.05) is 41.0 Å². The molecule has 0 amide bonds. The van der Waals surface area contributed by atoms with Gasteiger partial charge in [-0.15, -0.1) is 11.3 Å². The topological polar surface area (TPSA) is 82.8 Å². The predicted octanol–water partition coefficient (Wildman–Crippen LogP) is 3.27. The number of hydrogen-bond donors (Lipinski definition) is 0. The summed E-state index contributed by atoms with van der Waals surface area (Å²) in [5.41, 5.74) is 0.574. The molecule has 0 aliphatic heterocycles. The summed E-state index contributed by atoms with van der Waals surface area (Å²) in [4.78, 5) is 24.8. The van der Waals surface area contributed by atoms with Crippen molar-refractivity contribution in [2.75, 3.05) is 6.61 Å². The van der Waals surface area contributed by atoms with Gasteiger partial charge in [-0.2, -0.15) is 18.3 Å². The highest BCUT2D eigenvalue weighted by molar-refractivity contribution is 7.11. The number of ether oxygens (including phenoxy) is 1. The molecule has 3 rings (SSSR count). The van der Waals surface area contributed by atoms with Crippen LogP contribution in [-0.4, -0.2) is 37.5 Å². The second-order valence-corrected chi connectivity index (χ2v) is 7.34. The fourth-order valence-corrected chi connectivity index (χ4v) is 3.10. The third-order valence-electron chi connectivity index (χ3n) is 3.53. The molecule has 3 heterocycles. The molecule has 0 saturated carbocycles. The van der Waals surface area contributed by atoms with Gasteiger partial charge in [0.2, 0.25) is 0 Å². The van der Waals surface area contributed by atoms with E-state index in [-0.39, 0.29) is 18.1 Å². The average Bonchev–Trinajstić information content (AvgIpc) is 3.11. The van der Waals surface area contributed by atoms with Crippen molar-refractivity contribution in [2.24, 2.45) is 0 Å². The van der Waals surface area contributed by atoms with E-state index >= 15 is 0 Å². The Kier molecular flexibility index (Phi) is 5.73. The maximum atomic E-state index is 12.2. The Balaban J connectivity index is 1.77. The summed E-state index contributed by atoms with van der Waals surface area (Å²) in [6.45, 7) is 2.87. The molecule has 148 valence electrons. The highest BCUT2D eigenvalue weighted by Crippen LogP contribution is 2.22. The molecule has 0 radical (unpaired) electrons. The number of thiazole rings is 1. The molecule has 7 nitrogen and oxygen atoms in total. The van der Waals surface area contributed by atoms with Crippen LogP contribution < -0.4 is 10.3 Å². The molecule has 0 unspecified atom stereocenters. The highest BCUT2D eigenvalue weighted by Gasteiger charge is 2.28. The number of alkyl halides is 3. The van der Waals surface area contributed by atoms with Crippen molar-refractivity contribution in [1.82, 2.24) is 24.7 Å². The van der Waals surface area contributed by atoms with Crippen LogP contribution in [0.15, 0.2) is 35.5 Å². The molecule has 0 spiro atoms. The molecule has 3 aromatic heterocycles. The SMILES string of the molecule is CC(C)c1ncc(Cn2nc(-c3cnc(OCC(F)(F)F)nc3)ccc2=O)s1. The monoisotopic (exact) mass is 411 g/mol. The van der Waals surface area contributed by atoms with Crippen molar-refractivity contribution in [3.05, 3.63) is 51.0 Å². The molecule has 0 fully saturated rings. The molecule has 28 heavy (non-hydrogen) atoms. The normalized spacial score (nSPS) is 11.8. The van der Waals surface area contributed by atoms with Crippen LogP contribution in [-0.2, 0) is 6.54 Å². The van der Waals surface area contributed by atoms with Gasteiger partial charge in [0.15, 0.2) is 6.61 Å². The molecule has 3 aromatic rings. The highest BCUT2D eigenvalue weighted by atomic mass is 32.1. The fraction of sp³-hybridized carbons (Fsp3) is 0.353. The Bertz CT molecular complexity index is 999. The largest absolute Gasteiger partial charge is 0.454 e. The van der Waals surface area contributed by atoms with Gasteiger partial charge in [0.25, 0.3) is 5.56 Å². The van der Waals surface area contributed by atoms with Gasteiger partial charge in [-0.05, 0) is 6.07 Å². The third-order valence-corrected chi connectivity index (χ3v) is 4.81. The van der Waals surface area contributed by atoms with E-state index in [1.54, 1.807) is 6.20 Å². The molecule has 0 aliphatic carbocycles. The summed E-state index contributed by atoms with van der Waals surface area (Å²) in [6.07, 6.45) is -0.166. The number of aromatic nitrogens is 5. The summed E-state index contributed by atoms with van der Waals surface area (Å²) < 4.78 is 42.3. The zero-order valence-corrected chi connectivity index (χ0v) is 15.8. The predicted molar refractivity (Wildman–Crippen MR) is 96.4 cm³/mol. The maximum absolute atomic E-state index is 12.2. The van der Waals surface area contributed by atoms with E-state index in [2.05, 4.69) is 24.8 Å². The molecule has 0 saturated heterocycles. The first-order valence-corrected chi connectivity index (χ1v) is 9.07. The summed E-state index contributed by atoms with van der Waals surface area (Å²) in [6, 6.07) is 2.47. The molecular formula is C17H16F3N5O2S. The summed E-state index contributed by atoms with van der Waals surface area (Å²) in [5, 5.41) is 5.26. The quantitative estimate of drug-likeness (QED) is 0.619. The average molecular weight is 411 g/mol. The number of halogens is 3. The molecule has 0 bridgehead atoms. The molecule has 0 aromatic carbocycles. The van der Waals surface area contributed by atoms with Crippen molar-refractivity contribution in [2.45, 2.75) is 32.5 Å². The molecule has 0 N–H and O–H groups in total. The first-order valence-electron chi connectivity index (χ1n) is 8.26. The van der Waals surface area contributed by atoms with E-state index in [4.69, 9.17) is 0 Å². The van der Waals surface area contributed by atoms with Crippen molar-refractivity contribution >= 4 is 11.3 Å². The minimum atomic E-state index is -4.47. The Morgan fingerprint density at radius 3 is 2.46 bits per heavy atom. The molecule has 11 heteroatoms. The van der Waals surface area contributed by atoms with Crippen LogP contribution in [0, 0.1) is 0 Å². The van der Waals surface area contributed by atoms with Crippen LogP contribution in [0.25, 0.3) is 11.3 Å². The van der Waals surface area contributed by atoms with Crippen molar-refractivity contribution in [1.29, 1.82) is 0 Å². The maximum Gasteiger partial charge on any atom is 0.422 e. The van der Waals surface area contributed by atoms with Gasteiger partial charge in [-0.3, -0.25) is 4.79 Å². The Morgan fingerprint density at radius 1 is 1.14 bits per heavy atom. The van der Waals surface area contributed by atoms with Gasteiger partial charge in [0.05, 0.1) is 17.2 Å². The summed E-state index contributed by atoms with van der Waals surface area (Å²) >= 11 is 1.51. The van der Waals surface area contributed by atoms with Gasteiger partial charge in [0.1, 0.15) is 0 Å². The van der Waals surface area contributed by atoms with Crippen LogP contribution in [0.3, 0.4) is 0 Å². The van der Waals surface area contributed by atoms with Gasteiger partial charge < -0.3 is 4.74 Å². The van der Waals surface area contributed by atoms with Gasteiger partial charge in [-0.25, -0.2) is 19.6 Å². The van der Waals surface area contributed by atoms with Crippen molar-refractivity contribution in [3.8, 4) is 17.3 Å². The third kappa shape index (κ3) is 5.12. The second kappa shape index (κ2) is 8.05. The van der Waals surface area contributed by atoms with Crippen molar-refractivity contribution in [3.63, 3.8) is 0 Å². The van der Waals surface area contributed by atoms with Crippen LogP contribution in [0.5, 0.6) is 6.01 Å². The van der Waals surface area contributed by atoms with E-state index in [9.17, 15) is 18.0 Å². The zero-order valence-electron chi connectivity index (χ0n) is 15.0.